The Morgan fingerprint density at radius 1 is 1.60 bits per heavy atom. The van der Waals surface area contributed by atoms with Crippen molar-refractivity contribution < 1.29 is 4.84 Å². The highest BCUT2D eigenvalue weighted by Crippen LogP contribution is 1.96. The molecule has 0 bridgehead atoms. The molecule has 5 heteroatoms. The summed E-state index contributed by atoms with van der Waals surface area (Å²) in [5.74, 6) is 6.45. The quantitative estimate of drug-likeness (QED) is 0.566. The summed E-state index contributed by atoms with van der Waals surface area (Å²) in [6, 6.07) is 0. The second kappa shape index (κ2) is 2.76. The van der Waals surface area contributed by atoms with Crippen molar-refractivity contribution >= 4 is 0 Å². The molecule has 1 rings (SSSR count). The van der Waals surface area contributed by atoms with Crippen LogP contribution < -0.4 is 5.90 Å². The lowest BCUT2D eigenvalue weighted by molar-refractivity contribution is 0.116. The number of hydrogen-bond donors (Lipinski definition) is 1. The normalized spacial score (nSPS) is 10.3. The van der Waals surface area contributed by atoms with Gasteiger partial charge in [0.1, 0.15) is 12.4 Å². The van der Waals surface area contributed by atoms with E-state index in [1.807, 2.05) is 18.5 Å². The Bertz CT molecular complexity index is 219. The van der Waals surface area contributed by atoms with Crippen LogP contribution in [0.4, 0.5) is 0 Å². The summed E-state index contributed by atoms with van der Waals surface area (Å²) in [6.07, 6.45) is 0. The van der Waals surface area contributed by atoms with Crippen LogP contribution in [0.15, 0.2) is 0 Å². The summed E-state index contributed by atoms with van der Waals surface area (Å²) in [7, 11) is 1.86. The van der Waals surface area contributed by atoms with E-state index in [4.69, 9.17) is 5.90 Å². The third-order valence-electron chi connectivity index (χ3n) is 1.40. The number of aryl methyl sites for hydroxylation is 1. The van der Waals surface area contributed by atoms with E-state index in [0.29, 0.717) is 6.61 Å². The second-order valence-corrected chi connectivity index (χ2v) is 2.03. The van der Waals surface area contributed by atoms with Gasteiger partial charge in [0.25, 0.3) is 0 Å². The maximum atomic E-state index is 4.86. The van der Waals surface area contributed by atoms with Crippen LogP contribution in [-0.2, 0) is 18.5 Å². The van der Waals surface area contributed by atoms with Crippen LogP contribution in [0, 0.1) is 6.92 Å². The predicted octanol–water partition coefficient (Wildman–Crippen LogP) is -0.486. The minimum absolute atomic E-state index is 0.303. The molecule has 0 aliphatic rings. The largest absolute Gasteiger partial charge is 0.316 e. The zero-order chi connectivity index (χ0) is 7.56. The highest BCUT2D eigenvalue weighted by atomic mass is 16.6. The molecule has 0 aliphatic heterocycles. The third kappa shape index (κ3) is 1.14. The monoisotopic (exact) mass is 142 g/mol. The zero-order valence-electron chi connectivity index (χ0n) is 6.03. The van der Waals surface area contributed by atoms with Gasteiger partial charge in [-0.1, -0.05) is 0 Å². The summed E-state index contributed by atoms with van der Waals surface area (Å²) in [4.78, 5) is 4.40. The molecular weight excluding hydrogens is 132 g/mol. The molecule has 0 saturated carbocycles. The Morgan fingerprint density at radius 3 is 2.70 bits per heavy atom. The van der Waals surface area contributed by atoms with Crippen molar-refractivity contribution in [3.63, 3.8) is 0 Å². The van der Waals surface area contributed by atoms with E-state index in [1.165, 1.54) is 0 Å². The molecule has 1 aromatic rings. The zero-order valence-corrected chi connectivity index (χ0v) is 6.03. The molecule has 0 saturated heterocycles. The minimum Gasteiger partial charge on any atom is -0.316 e. The SMILES string of the molecule is Cc1nnc(CON)n1C. The van der Waals surface area contributed by atoms with E-state index in [0.717, 1.165) is 11.6 Å². The fraction of sp³-hybridized carbons (Fsp3) is 0.600. The van der Waals surface area contributed by atoms with Gasteiger partial charge in [-0.05, 0) is 6.92 Å². The van der Waals surface area contributed by atoms with Crippen LogP contribution in [0.1, 0.15) is 11.6 Å². The van der Waals surface area contributed by atoms with Crippen molar-refractivity contribution in [1.29, 1.82) is 0 Å². The Balaban J connectivity index is 2.83. The lowest BCUT2D eigenvalue weighted by atomic mass is 10.6. The Labute approximate surface area is 58.8 Å². The van der Waals surface area contributed by atoms with Crippen LogP contribution in [-0.4, -0.2) is 14.8 Å². The Hall–Kier alpha value is -0.940. The van der Waals surface area contributed by atoms with Gasteiger partial charge >= 0.3 is 0 Å². The van der Waals surface area contributed by atoms with E-state index in [2.05, 4.69) is 15.0 Å². The lowest BCUT2D eigenvalue weighted by Gasteiger charge is -1.97. The molecule has 1 aromatic heterocycles. The maximum Gasteiger partial charge on any atom is 0.160 e. The number of nitrogens with two attached hydrogens (primary N) is 1. The molecule has 0 unspecified atom stereocenters. The van der Waals surface area contributed by atoms with Gasteiger partial charge in [0.05, 0.1) is 0 Å². The average Bonchev–Trinajstić information content (AvgIpc) is 2.20. The first kappa shape index (κ1) is 7.17. The number of aromatic nitrogens is 3. The number of hydrogen-bond acceptors (Lipinski definition) is 4. The van der Waals surface area contributed by atoms with Gasteiger partial charge in [0, 0.05) is 7.05 Å². The summed E-state index contributed by atoms with van der Waals surface area (Å²) in [5.41, 5.74) is 0. The van der Waals surface area contributed by atoms with E-state index >= 15 is 0 Å². The summed E-state index contributed by atoms with van der Waals surface area (Å²) < 4.78 is 1.83. The molecule has 0 spiro atoms. The average molecular weight is 142 g/mol. The predicted molar refractivity (Wildman–Crippen MR) is 34.7 cm³/mol. The number of rotatable bonds is 2. The third-order valence-corrected chi connectivity index (χ3v) is 1.40. The van der Waals surface area contributed by atoms with Crippen LogP contribution in [0.3, 0.4) is 0 Å². The van der Waals surface area contributed by atoms with Crippen LogP contribution >= 0.6 is 0 Å². The molecule has 0 aliphatic carbocycles. The van der Waals surface area contributed by atoms with Crippen molar-refractivity contribution in [1.82, 2.24) is 14.8 Å². The molecule has 5 nitrogen and oxygen atoms in total. The van der Waals surface area contributed by atoms with Crippen molar-refractivity contribution in [3.8, 4) is 0 Å². The fourth-order valence-corrected chi connectivity index (χ4v) is 0.651. The van der Waals surface area contributed by atoms with Gasteiger partial charge in [-0.25, -0.2) is 5.90 Å². The van der Waals surface area contributed by atoms with Crippen molar-refractivity contribution in [2.45, 2.75) is 13.5 Å². The van der Waals surface area contributed by atoms with Gasteiger partial charge in [-0.15, -0.1) is 10.2 Å². The smallest absolute Gasteiger partial charge is 0.160 e. The lowest BCUT2D eigenvalue weighted by Crippen LogP contribution is -2.05. The van der Waals surface area contributed by atoms with Crippen molar-refractivity contribution in [2.75, 3.05) is 0 Å². The van der Waals surface area contributed by atoms with Crippen molar-refractivity contribution in [2.24, 2.45) is 12.9 Å². The van der Waals surface area contributed by atoms with Crippen LogP contribution in [0.5, 0.6) is 0 Å². The molecule has 0 radical (unpaired) electrons. The van der Waals surface area contributed by atoms with E-state index in [9.17, 15) is 0 Å². The first-order valence-corrected chi connectivity index (χ1v) is 2.92. The second-order valence-electron chi connectivity index (χ2n) is 2.03. The van der Waals surface area contributed by atoms with E-state index in [-0.39, 0.29) is 0 Å². The summed E-state index contributed by atoms with van der Waals surface area (Å²) in [6.45, 7) is 2.17. The molecule has 0 amide bonds. The standard InChI is InChI=1S/C5H10N4O/c1-4-7-8-5(3-10-6)9(4)2/h3,6H2,1-2H3. The molecule has 0 aromatic carbocycles. The Morgan fingerprint density at radius 2 is 2.30 bits per heavy atom. The summed E-state index contributed by atoms with van der Waals surface area (Å²) >= 11 is 0. The summed E-state index contributed by atoms with van der Waals surface area (Å²) in [5, 5.41) is 7.63. The number of nitrogens with zero attached hydrogens (tertiary/aromatic N) is 3. The minimum atomic E-state index is 0.303. The van der Waals surface area contributed by atoms with Gasteiger partial charge in [0.2, 0.25) is 0 Å². The van der Waals surface area contributed by atoms with Gasteiger partial charge in [-0.3, -0.25) is 4.84 Å². The van der Waals surface area contributed by atoms with Gasteiger partial charge in [-0.2, -0.15) is 0 Å². The fourth-order valence-electron chi connectivity index (χ4n) is 0.651. The molecule has 2 N–H and O–H groups in total. The first-order chi connectivity index (χ1) is 4.75. The molecule has 1 heterocycles. The molecular formula is C5H10N4O. The van der Waals surface area contributed by atoms with Crippen molar-refractivity contribution in [3.05, 3.63) is 11.6 Å². The van der Waals surface area contributed by atoms with E-state index in [1.54, 1.807) is 0 Å². The van der Waals surface area contributed by atoms with Crippen LogP contribution in [0.2, 0.25) is 0 Å². The Kier molecular flexibility index (Phi) is 1.98. The first-order valence-electron chi connectivity index (χ1n) is 2.92. The van der Waals surface area contributed by atoms with Gasteiger partial charge < -0.3 is 4.57 Å². The molecule has 0 atom stereocenters. The van der Waals surface area contributed by atoms with E-state index < -0.39 is 0 Å². The maximum absolute atomic E-state index is 4.86. The highest BCUT2D eigenvalue weighted by Gasteiger charge is 2.02. The molecule has 10 heavy (non-hydrogen) atoms. The topological polar surface area (TPSA) is 66.0 Å². The molecule has 0 fully saturated rings. The highest BCUT2D eigenvalue weighted by molar-refractivity contribution is 4.90. The van der Waals surface area contributed by atoms with Gasteiger partial charge in [0.15, 0.2) is 5.82 Å². The molecule has 56 valence electrons. The van der Waals surface area contributed by atoms with Crippen LogP contribution in [0.25, 0.3) is 0 Å².